The molecule has 200 valence electrons. The number of nitrogens with zero attached hydrogens (tertiary/aromatic N) is 4. The number of aliphatic hydroxyl groups excluding tert-OH is 1. The lowest BCUT2D eigenvalue weighted by molar-refractivity contribution is -0.119. The van der Waals surface area contributed by atoms with E-state index in [0.717, 1.165) is 30.2 Å². The third-order valence-corrected chi connectivity index (χ3v) is 8.29. The number of benzene rings is 1. The third kappa shape index (κ3) is 7.44. The van der Waals surface area contributed by atoms with Crippen molar-refractivity contribution in [1.82, 2.24) is 24.6 Å². The molecule has 3 aromatic rings. The fourth-order valence-electron chi connectivity index (χ4n) is 3.64. The SMILES string of the molecule is CC(C)(CO)C(=O)SCCOP(NCc1ccccc1)OC[C@H]1CC[C@@H](n2cnc3c(N)ncnc32)O1. The maximum Gasteiger partial charge on any atom is 0.256 e. The standard InChI is InChI=1S/C24H33N6O5PS/c1-24(2,14-31)23(32)37-11-10-33-36(29-12-17-6-4-3-5-7-17)34-13-18-8-9-19(35-18)30-16-28-20-21(25)26-15-27-22(20)30/h3-7,15-16,18-19,29,31H,8-14H2,1-2H3,(H2,25,26,27)/t18-,19+,36?/m1/s1. The van der Waals surface area contributed by atoms with Crippen molar-refractivity contribution in [3.05, 3.63) is 48.5 Å². The Morgan fingerprint density at radius 3 is 2.86 bits per heavy atom. The number of aromatic nitrogens is 4. The molecule has 0 radical (unpaired) electrons. The normalized spacial score (nSPS) is 18.9. The summed E-state index contributed by atoms with van der Waals surface area (Å²) >= 11 is 1.16. The van der Waals surface area contributed by atoms with E-state index in [1.165, 1.54) is 6.33 Å². The average Bonchev–Trinajstić information content (AvgIpc) is 3.56. The third-order valence-electron chi connectivity index (χ3n) is 5.89. The summed E-state index contributed by atoms with van der Waals surface area (Å²) in [6.45, 7) is 4.55. The monoisotopic (exact) mass is 548 g/mol. The lowest BCUT2D eigenvalue weighted by atomic mass is 9.97. The first-order chi connectivity index (χ1) is 17.9. The van der Waals surface area contributed by atoms with Gasteiger partial charge in [0.1, 0.15) is 18.1 Å². The van der Waals surface area contributed by atoms with Gasteiger partial charge in [0.2, 0.25) is 0 Å². The molecule has 4 N–H and O–H groups in total. The van der Waals surface area contributed by atoms with Crippen molar-refractivity contribution in [3.8, 4) is 0 Å². The predicted molar refractivity (Wildman–Crippen MR) is 143 cm³/mol. The van der Waals surface area contributed by atoms with Crippen LogP contribution >= 0.6 is 20.3 Å². The summed E-state index contributed by atoms with van der Waals surface area (Å²) in [5.41, 5.74) is 7.45. The number of imidazole rings is 1. The molecule has 11 nitrogen and oxygen atoms in total. The van der Waals surface area contributed by atoms with Crippen molar-refractivity contribution in [3.63, 3.8) is 0 Å². The summed E-state index contributed by atoms with van der Waals surface area (Å²) in [4.78, 5) is 24.9. The van der Waals surface area contributed by atoms with Gasteiger partial charge in [-0.25, -0.2) is 20.0 Å². The second-order valence-electron chi connectivity index (χ2n) is 9.26. The number of rotatable bonds is 13. The van der Waals surface area contributed by atoms with Gasteiger partial charge in [-0.15, -0.1) is 0 Å². The van der Waals surface area contributed by atoms with E-state index in [9.17, 15) is 9.90 Å². The molecule has 13 heteroatoms. The molecule has 3 atom stereocenters. The van der Waals surface area contributed by atoms with Crippen molar-refractivity contribution in [2.75, 3.05) is 31.3 Å². The van der Waals surface area contributed by atoms with Gasteiger partial charge in [0.15, 0.2) is 16.6 Å². The number of anilines is 1. The van der Waals surface area contributed by atoms with Crippen LogP contribution in [0.1, 0.15) is 38.5 Å². The number of aliphatic hydroxyl groups is 1. The van der Waals surface area contributed by atoms with Crippen molar-refractivity contribution < 1.29 is 23.7 Å². The summed E-state index contributed by atoms with van der Waals surface area (Å²) in [6, 6.07) is 10.00. The molecule has 0 aliphatic carbocycles. The molecule has 0 amide bonds. The molecule has 0 bridgehead atoms. The number of carbonyl (C=O) groups is 1. The number of hydrogen-bond acceptors (Lipinski definition) is 11. The fourth-order valence-corrected chi connectivity index (χ4v) is 5.70. The van der Waals surface area contributed by atoms with E-state index < -0.39 is 13.9 Å². The Labute approximate surface area is 221 Å². The van der Waals surface area contributed by atoms with Gasteiger partial charge >= 0.3 is 0 Å². The number of nitrogen functional groups attached to an aromatic ring is 1. The minimum absolute atomic E-state index is 0.0643. The minimum atomic E-state index is -1.42. The maximum absolute atomic E-state index is 12.2. The summed E-state index contributed by atoms with van der Waals surface area (Å²) < 4.78 is 20.2. The molecule has 1 unspecified atom stereocenters. The first kappa shape index (κ1) is 27.8. The molecule has 37 heavy (non-hydrogen) atoms. The molecule has 1 aliphatic rings. The van der Waals surface area contributed by atoms with E-state index in [1.54, 1.807) is 20.2 Å². The molecule has 2 aromatic heterocycles. The second-order valence-corrected chi connectivity index (χ2v) is 11.7. The summed E-state index contributed by atoms with van der Waals surface area (Å²) in [7, 11) is -1.42. The van der Waals surface area contributed by atoms with Gasteiger partial charge < -0.3 is 24.6 Å². The molecule has 4 rings (SSSR count). The number of hydrogen-bond donors (Lipinski definition) is 3. The number of carbonyl (C=O) groups excluding carboxylic acids is 1. The Balaban J connectivity index is 1.29. The summed E-state index contributed by atoms with van der Waals surface area (Å²) in [6.07, 6.45) is 4.37. The van der Waals surface area contributed by atoms with E-state index in [4.69, 9.17) is 19.5 Å². The van der Waals surface area contributed by atoms with E-state index in [0.29, 0.717) is 42.5 Å². The van der Waals surface area contributed by atoms with Crippen LogP contribution in [0.25, 0.3) is 11.2 Å². The van der Waals surface area contributed by atoms with Crippen molar-refractivity contribution in [1.29, 1.82) is 0 Å². The van der Waals surface area contributed by atoms with Gasteiger partial charge in [-0.1, -0.05) is 42.1 Å². The number of ether oxygens (including phenoxy) is 1. The zero-order valence-electron chi connectivity index (χ0n) is 20.9. The van der Waals surface area contributed by atoms with Crippen LogP contribution < -0.4 is 10.8 Å². The molecule has 3 heterocycles. The van der Waals surface area contributed by atoms with E-state index >= 15 is 0 Å². The smallest absolute Gasteiger partial charge is 0.256 e. The molecule has 1 aliphatic heterocycles. The van der Waals surface area contributed by atoms with Gasteiger partial charge in [-0.2, -0.15) is 0 Å². The number of nitrogens with two attached hydrogens (primary N) is 1. The van der Waals surface area contributed by atoms with Crippen LogP contribution in [0.3, 0.4) is 0 Å². The van der Waals surface area contributed by atoms with Crippen molar-refractivity contribution in [2.45, 2.75) is 45.6 Å². The van der Waals surface area contributed by atoms with E-state index in [2.05, 4.69) is 20.0 Å². The molecule has 0 spiro atoms. The number of nitrogens with one attached hydrogen (secondary N) is 1. The topological polar surface area (TPSA) is 147 Å². The maximum atomic E-state index is 12.2. The van der Waals surface area contributed by atoms with Crippen LogP contribution in [-0.2, 0) is 25.1 Å². The first-order valence-corrected chi connectivity index (χ1v) is 14.2. The highest BCUT2D eigenvalue weighted by molar-refractivity contribution is 8.13. The highest BCUT2D eigenvalue weighted by Gasteiger charge is 2.30. The number of thioether (sulfide) groups is 1. The molecule has 1 saturated heterocycles. The van der Waals surface area contributed by atoms with Crippen LogP contribution in [0, 0.1) is 5.41 Å². The highest BCUT2D eigenvalue weighted by atomic mass is 32.2. The van der Waals surface area contributed by atoms with Crippen LogP contribution in [-0.4, -0.2) is 61.4 Å². The van der Waals surface area contributed by atoms with Gasteiger partial charge in [0, 0.05) is 12.3 Å². The molecule has 1 aromatic carbocycles. The summed E-state index contributed by atoms with van der Waals surface area (Å²) in [5, 5.41) is 12.7. The minimum Gasteiger partial charge on any atom is -0.395 e. The average molecular weight is 549 g/mol. The van der Waals surface area contributed by atoms with Crippen LogP contribution in [0.5, 0.6) is 0 Å². The van der Waals surface area contributed by atoms with Gasteiger partial charge in [0.25, 0.3) is 8.53 Å². The largest absolute Gasteiger partial charge is 0.395 e. The second kappa shape index (κ2) is 13.1. The van der Waals surface area contributed by atoms with Crippen LogP contribution in [0.2, 0.25) is 0 Å². The van der Waals surface area contributed by atoms with Crippen LogP contribution in [0.15, 0.2) is 43.0 Å². The lowest BCUT2D eigenvalue weighted by Gasteiger charge is -2.22. The lowest BCUT2D eigenvalue weighted by Crippen LogP contribution is -2.26. The Morgan fingerprint density at radius 1 is 1.27 bits per heavy atom. The Hall–Kier alpha value is -2.18. The summed E-state index contributed by atoms with van der Waals surface area (Å²) in [5.74, 6) is 0.812. The van der Waals surface area contributed by atoms with Gasteiger partial charge in [0.05, 0.1) is 37.7 Å². The Morgan fingerprint density at radius 2 is 2.08 bits per heavy atom. The first-order valence-electron chi connectivity index (χ1n) is 12.1. The molecule has 1 fully saturated rings. The Bertz CT molecular complexity index is 1170. The quantitative estimate of drug-likeness (QED) is 0.213. The van der Waals surface area contributed by atoms with Crippen molar-refractivity contribution in [2.24, 2.45) is 5.41 Å². The highest BCUT2D eigenvalue weighted by Crippen LogP contribution is 2.38. The predicted octanol–water partition coefficient (Wildman–Crippen LogP) is 3.41. The van der Waals surface area contributed by atoms with Gasteiger partial charge in [-0.3, -0.25) is 9.36 Å². The van der Waals surface area contributed by atoms with Crippen LogP contribution in [0.4, 0.5) is 5.82 Å². The molecular formula is C24H33N6O5PS. The number of fused-ring (bicyclic) bond motifs is 1. The van der Waals surface area contributed by atoms with E-state index in [1.807, 2.05) is 34.9 Å². The van der Waals surface area contributed by atoms with Crippen molar-refractivity contribution >= 4 is 42.4 Å². The zero-order chi connectivity index (χ0) is 26.3. The fraction of sp³-hybridized carbons (Fsp3) is 0.500. The van der Waals surface area contributed by atoms with Gasteiger partial charge in [-0.05, 0) is 32.3 Å². The molecular weight excluding hydrogens is 515 g/mol. The zero-order valence-corrected chi connectivity index (χ0v) is 22.7. The molecule has 0 saturated carbocycles. The van der Waals surface area contributed by atoms with E-state index in [-0.39, 0.29) is 24.1 Å². The Kier molecular flexibility index (Phi) is 9.83.